The molecule has 7 heteroatoms. The Kier molecular flexibility index (Phi) is 4.49. The summed E-state index contributed by atoms with van der Waals surface area (Å²) in [4.78, 5) is 11.8. The maximum Gasteiger partial charge on any atom is 0.254 e. The molecule has 24 heavy (non-hydrogen) atoms. The van der Waals surface area contributed by atoms with Gasteiger partial charge in [0, 0.05) is 11.9 Å². The van der Waals surface area contributed by atoms with Crippen molar-refractivity contribution in [2.24, 2.45) is 5.10 Å². The van der Waals surface area contributed by atoms with Crippen LogP contribution < -0.4 is 4.74 Å². The van der Waals surface area contributed by atoms with Crippen LogP contribution in [0.3, 0.4) is 0 Å². The number of hydrazone groups is 1. The molecule has 0 radical (unpaired) electrons. The summed E-state index contributed by atoms with van der Waals surface area (Å²) in [5, 5.41) is 6.09. The number of benzene rings is 1. The highest BCUT2D eigenvalue weighted by atomic mass is 35.5. The standard InChI is InChI=1S/C17H17ClN2O4/c1-10-8-13(5-6-14(10)18)22-9-16-19-20(12(3)21)17(24-16)15-7-4-11(2)23-15/h4-8,17H,9H2,1-3H3. The minimum absolute atomic E-state index is 0.0983. The fourth-order valence-electron chi connectivity index (χ4n) is 2.29. The van der Waals surface area contributed by atoms with Crippen LogP contribution in [-0.2, 0) is 9.53 Å². The smallest absolute Gasteiger partial charge is 0.254 e. The zero-order valence-electron chi connectivity index (χ0n) is 13.6. The third-order valence-electron chi connectivity index (χ3n) is 3.51. The quantitative estimate of drug-likeness (QED) is 0.842. The second-order valence-electron chi connectivity index (χ2n) is 5.48. The van der Waals surface area contributed by atoms with E-state index in [-0.39, 0.29) is 12.5 Å². The number of amides is 1. The first kappa shape index (κ1) is 16.4. The predicted octanol–water partition coefficient (Wildman–Crippen LogP) is 3.82. The molecule has 2 heterocycles. The highest BCUT2D eigenvalue weighted by Gasteiger charge is 2.34. The maximum absolute atomic E-state index is 11.8. The van der Waals surface area contributed by atoms with Gasteiger partial charge in [0.15, 0.2) is 12.4 Å². The molecule has 1 aromatic heterocycles. The molecule has 1 aliphatic heterocycles. The SMILES string of the molecule is CC(=O)N1N=C(COc2ccc(Cl)c(C)c2)OC1c1ccc(C)o1. The van der Waals surface area contributed by atoms with E-state index in [9.17, 15) is 4.79 Å². The Labute approximate surface area is 144 Å². The molecule has 0 fully saturated rings. The van der Waals surface area contributed by atoms with Crippen LogP contribution in [0, 0.1) is 13.8 Å². The molecule has 2 aromatic rings. The molecule has 1 unspecified atom stereocenters. The summed E-state index contributed by atoms with van der Waals surface area (Å²) in [5.41, 5.74) is 0.915. The Morgan fingerprint density at radius 1 is 1.33 bits per heavy atom. The molecule has 0 saturated heterocycles. The number of nitrogens with zero attached hydrogens (tertiary/aromatic N) is 2. The van der Waals surface area contributed by atoms with Gasteiger partial charge >= 0.3 is 0 Å². The fourth-order valence-corrected chi connectivity index (χ4v) is 2.41. The van der Waals surface area contributed by atoms with E-state index in [2.05, 4.69) is 5.10 Å². The first-order valence-corrected chi connectivity index (χ1v) is 7.81. The van der Waals surface area contributed by atoms with Crippen molar-refractivity contribution in [3.63, 3.8) is 0 Å². The molecular weight excluding hydrogens is 332 g/mol. The van der Waals surface area contributed by atoms with Crippen LogP contribution in [-0.4, -0.2) is 23.4 Å². The van der Waals surface area contributed by atoms with Gasteiger partial charge in [0.25, 0.3) is 6.23 Å². The van der Waals surface area contributed by atoms with E-state index >= 15 is 0 Å². The average Bonchev–Trinajstić information content (AvgIpc) is 3.14. The van der Waals surface area contributed by atoms with Gasteiger partial charge in [-0.1, -0.05) is 11.6 Å². The predicted molar refractivity (Wildman–Crippen MR) is 88.9 cm³/mol. The largest absolute Gasteiger partial charge is 0.484 e. The molecular formula is C17H17ClN2O4. The van der Waals surface area contributed by atoms with Crippen molar-refractivity contribution in [1.82, 2.24) is 5.01 Å². The van der Waals surface area contributed by atoms with Crippen molar-refractivity contribution in [1.29, 1.82) is 0 Å². The number of hydrogen-bond acceptors (Lipinski definition) is 5. The summed E-state index contributed by atoms with van der Waals surface area (Å²) in [6, 6.07) is 8.93. The van der Waals surface area contributed by atoms with Gasteiger partial charge in [-0.15, -0.1) is 5.10 Å². The molecule has 0 N–H and O–H groups in total. The van der Waals surface area contributed by atoms with E-state index in [1.54, 1.807) is 18.2 Å². The third-order valence-corrected chi connectivity index (χ3v) is 3.93. The number of furan rings is 1. The van der Waals surface area contributed by atoms with Crippen LogP contribution in [0.15, 0.2) is 39.9 Å². The number of rotatable bonds is 4. The van der Waals surface area contributed by atoms with Crippen molar-refractivity contribution in [3.05, 3.63) is 52.4 Å². The number of halogens is 1. The molecule has 1 aliphatic rings. The molecule has 0 bridgehead atoms. The second-order valence-corrected chi connectivity index (χ2v) is 5.88. The van der Waals surface area contributed by atoms with E-state index in [1.807, 2.05) is 26.0 Å². The molecule has 6 nitrogen and oxygen atoms in total. The van der Waals surface area contributed by atoms with Crippen molar-refractivity contribution >= 4 is 23.4 Å². The Morgan fingerprint density at radius 2 is 2.12 bits per heavy atom. The maximum atomic E-state index is 11.8. The first-order valence-electron chi connectivity index (χ1n) is 7.43. The van der Waals surface area contributed by atoms with Crippen molar-refractivity contribution in [2.75, 3.05) is 6.61 Å². The van der Waals surface area contributed by atoms with Crippen LogP contribution in [0.25, 0.3) is 0 Å². The van der Waals surface area contributed by atoms with Crippen LogP contribution in [0.4, 0.5) is 0 Å². The Balaban J connectivity index is 1.71. The van der Waals surface area contributed by atoms with Gasteiger partial charge < -0.3 is 13.9 Å². The number of carbonyl (C=O) groups excluding carboxylic acids is 1. The summed E-state index contributed by atoms with van der Waals surface area (Å²) in [7, 11) is 0. The van der Waals surface area contributed by atoms with E-state index < -0.39 is 6.23 Å². The van der Waals surface area contributed by atoms with E-state index in [0.29, 0.717) is 22.4 Å². The normalized spacial score (nSPS) is 16.8. The van der Waals surface area contributed by atoms with Gasteiger partial charge in [-0.3, -0.25) is 4.79 Å². The molecule has 1 amide bonds. The summed E-state index contributed by atoms with van der Waals surface area (Å²) < 4.78 is 16.9. The molecule has 126 valence electrons. The fraction of sp³-hybridized carbons (Fsp3) is 0.294. The van der Waals surface area contributed by atoms with Crippen LogP contribution in [0.5, 0.6) is 5.75 Å². The Hall–Kier alpha value is -2.47. The lowest BCUT2D eigenvalue weighted by molar-refractivity contribution is -0.136. The van der Waals surface area contributed by atoms with E-state index in [4.69, 9.17) is 25.5 Å². The lowest BCUT2D eigenvalue weighted by Gasteiger charge is -2.16. The lowest BCUT2D eigenvalue weighted by atomic mass is 10.2. The molecule has 0 aliphatic carbocycles. The molecule has 1 aromatic carbocycles. The summed E-state index contributed by atoms with van der Waals surface area (Å²) in [6.07, 6.45) is -0.707. The van der Waals surface area contributed by atoms with Gasteiger partial charge in [0.2, 0.25) is 11.8 Å². The van der Waals surface area contributed by atoms with Gasteiger partial charge in [-0.2, -0.15) is 5.01 Å². The molecule has 3 rings (SSSR count). The van der Waals surface area contributed by atoms with E-state index in [1.165, 1.54) is 11.9 Å². The lowest BCUT2D eigenvalue weighted by Crippen LogP contribution is -2.24. The number of hydrogen-bond donors (Lipinski definition) is 0. The summed E-state index contributed by atoms with van der Waals surface area (Å²) >= 11 is 5.99. The Morgan fingerprint density at radius 3 is 2.75 bits per heavy atom. The Bertz CT molecular complexity index is 800. The van der Waals surface area contributed by atoms with Crippen molar-refractivity contribution in [3.8, 4) is 5.75 Å². The van der Waals surface area contributed by atoms with Gasteiger partial charge in [0.1, 0.15) is 11.5 Å². The number of ether oxygens (including phenoxy) is 2. The zero-order valence-corrected chi connectivity index (χ0v) is 14.3. The molecule has 0 saturated carbocycles. The number of carbonyl (C=O) groups is 1. The van der Waals surface area contributed by atoms with Crippen LogP contribution >= 0.6 is 11.6 Å². The molecule has 0 spiro atoms. The zero-order chi connectivity index (χ0) is 17.3. The van der Waals surface area contributed by atoms with Crippen LogP contribution in [0.1, 0.15) is 30.2 Å². The van der Waals surface area contributed by atoms with Crippen LogP contribution in [0.2, 0.25) is 5.02 Å². The number of aryl methyl sites for hydroxylation is 2. The third kappa shape index (κ3) is 3.38. The van der Waals surface area contributed by atoms with Crippen molar-refractivity contribution in [2.45, 2.75) is 27.0 Å². The highest BCUT2D eigenvalue weighted by Crippen LogP contribution is 2.30. The molecule has 1 atom stereocenters. The average molecular weight is 349 g/mol. The minimum Gasteiger partial charge on any atom is -0.484 e. The first-order chi connectivity index (χ1) is 11.4. The van der Waals surface area contributed by atoms with Gasteiger partial charge in [-0.05, 0) is 49.7 Å². The van der Waals surface area contributed by atoms with Gasteiger partial charge in [-0.25, -0.2) is 0 Å². The van der Waals surface area contributed by atoms with Gasteiger partial charge in [0.05, 0.1) is 0 Å². The van der Waals surface area contributed by atoms with E-state index in [0.717, 1.165) is 11.3 Å². The monoisotopic (exact) mass is 348 g/mol. The summed E-state index contributed by atoms with van der Waals surface area (Å²) in [6.45, 7) is 5.24. The van der Waals surface area contributed by atoms with Crippen molar-refractivity contribution < 1.29 is 18.7 Å². The summed E-state index contributed by atoms with van der Waals surface area (Å²) in [5.74, 6) is 1.96. The topological polar surface area (TPSA) is 64.3 Å². The second kappa shape index (κ2) is 6.57. The minimum atomic E-state index is -0.707. The highest BCUT2D eigenvalue weighted by molar-refractivity contribution is 6.31.